The highest BCUT2D eigenvalue weighted by atomic mass is 16.5. The Bertz CT molecular complexity index is 730. The molecule has 6 nitrogen and oxygen atoms in total. The van der Waals surface area contributed by atoms with Gasteiger partial charge in [-0.15, -0.1) is 0 Å². The third-order valence-corrected chi connectivity index (χ3v) is 5.00. The highest BCUT2D eigenvalue weighted by molar-refractivity contribution is 6.05. The van der Waals surface area contributed by atoms with Crippen LogP contribution in [0.25, 0.3) is 11.0 Å². The van der Waals surface area contributed by atoms with E-state index >= 15 is 0 Å². The molecule has 0 amide bonds. The molecule has 0 spiro atoms. The first-order valence-corrected chi connectivity index (χ1v) is 9.36. The van der Waals surface area contributed by atoms with Gasteiger partial charge in [-0.3, -0.25) is 4.79 Å². The van der Waals surface area contributed by atoms with Gasteiger partial charge in [0.15, 0.2) is 11.4 Å². The van der Waals surface area contributed by atoms with Gasteiger partial charge in [-0.05, 0) is 50.8 Å². The van der Waals surface area contributed by atoms with Crippen LogP contribution < -0.4 is 10.1 Å². The van der Waals surface area contributed by atoms with E-state index in [4.69, 9.17) is 4.74 Å². The fraction of sp³-hybridized carbons (Fsp3) is 0.632. The molecular formula is C19H28N4O2. The van der Waals surface area contributed by atoms with Gasteiger partial charge in [0.1, 0.15) is 5.69 Å². The molecule has 1 aliphatic rings. The van der Waals surface area contributed by atoms with Gasteiger partial charge in [0.05, 0.1) is 11.5 Å². The van der Waals surface area contributed by atoms with E-state index in [1.54, 1.807) is 4.68 Å². The summed E-state index contributed by atoms with van der Waals surface area (Å²) in [6.07, 6.45) is 4.85. The van der Waals surface area contributed by atoms with Crippen LogP contribution in [-0.2, 0) is 7.05 Å². The summed E-state index contributed by atoms with van der Waals surface area (Å²) in [6.45, 7) is 6.18. The molecule has 1 saturated heterocycles. The van der Waals surface area contributed by atoms with Crippen LogP contribution in [0.2, 0.25) is 0 Å². The van der Waals surface area contributed by atoms with Gasteiger partial charge in [0, 0.05) is 19.5 Å². The predicted molar refractivity (Wildman–Crippen MR) is 98.0 cm³/mol. The van der Waals surface area contributed by atoms with Crippen LogP contribution in [0.15, 0.2) is 12.1 Å². The highest BCUT2D eigenvalue weighted by Crippen LogP contribution is 2.24. The zero-order chi connectivity index (χ0) is 17.8. The molecule has 0 saturated carbocycles. The van der Waals surface area contributed by atoms with Crippen LogP contribution in [0.5, 0.6) is 5.88 Å². The lowest BCUT2D eigenvalue weighted by Crippen LogP contribution is -2.31. The SMILES string of the molecule is CCC(CC)Oc1ccc2c(C(=O)CC3CCCNC3)nn(C)c2n1. The number of pyridine rings is 1. The van der Waals surface area contributed by atoms with E-state index in [1.165, 1.54) is 0 Å². The number of nitrogens with zero attached hydrogens (tertiary/aromatic N) is 3. The lowest BCUT2D eigenvalue weighted by Gasteiger charge is -2.21. The number of aromatic nitrogens is 3. The van der Waals surface area contributed by atoms with E-state index in [9.17, 15) is 4.79 Å². The maximum absolute atomic E-state index is 12.7. The molecule has 136 valence electrons. The Labute approximate surface area is 149 Å². The van der Waals surface area contributed by atoms with Crippen molar-refractivity contribution in [3.05, 3.63) is 17.8 Å². The lowest BCUT2D eigenvalue weighted by atomic mass is 9.93. The van der Waals surface area contributed by atoms with Gasteiger partial charge in [0.2, 0.25) is 5.88 Å². The first-order valence-electron chi connectivity index (χ1n) is 9.36. The van der Waals surface area contributed by atoms with Gasteiger partial charge in [0.25, 0.3) is 0 Å². The van der Waals surface area contributed by atoms with Crippen molar-refractivity contribution in [3.8, 4) is 5.88 Å². The number of ether oxygens (including phenoxy) is 1. The molecular weight excluding hydrogens is 316 g/mol. The van der Waals surface area contributed by atoms with Crippen LogP contribution in [0.3, 0.4) is 0 Å². The molecule has 3 heterocycles. The molecule has 6 heteroatoms. The van der Waals surface area contributed by atoms with E-state index in [2.05, 4.69) is 29.2 Å². The number of carbonyl (C=O) groups excluding carboxylic acids is 1. The summed E-state index contributed by atoms with van der Waals surface area (Å²) in [5.74, 6) is 1.11. The molecule has 1 unspecified atom stereocenters. The van der Waals surface area contributed by atoms with Gasteiger partial charge in [-0.25, -0.2) is 4.68 Å². The van der Waals surface area contributed by atoms with E-state index in [-0.39, 0.29) is 11.9 Å². The Kier molecular flexibility index (Phi) is 5.68. The fourth-order valence-electron chi connectivity index (χ4n) is 3.47. The number of hydrogen-bond acceptors (Lipinski definition) is 5. The van der Waals surface area contributed by atoms with Gasteiger partial charge < -0.3 is 10.1 Å². The second-order valence-electron chi connectivity index (χ2n) is 6.89. The number of hydrogen-bond donors (Lipinski definition) is 1. The summed E-state index contributed by atoms with van der Waals surface area (Å²) in [4.78, 5) is 17.3. The second kappa shape index (κ2) is 7.95. The number of carbonyl (C=O) groups is 1. The smallest absolute Gasteiger partial charge is 0.215 e. The topological polar surface area (TPSA) is 69.0 Å². The Morgan fingerprint density at radius 1 is 1.40 bits per heavy atom. The first-order chi connectivity index (χ1) is 12.1. The number of rotatable bonds is 7. The van der Waals surface area contributed by atoms with E-state index < -0.39 is 0 Å². The Balaban J connectivity index is 1.81. The van der Waals surface area contributed by atoms with E-state index in [1.807, 2.05) is 19.2 Å². The summed E-state index contributed by atoms with van der Waals surface area (Å²) in [7, 11) is 1.83. The minimum Gasteiger partial charge on any atom is -0.474 e. The molecule has 3 rings (SSSR count). The van der Waals surface area contributed by atoms with Gasteiger partial charge in [-0.1, -0.05) is 13.8 Å². The van der Waals surface area contributed by atoms with Crippen LogP contribution in [-0.4, -0.2) is 39.7 Å². The van der Waals surface area contributed by atoms with Crippen LogP contribution in [0, 0.1) is 5.92 Å². The largest absolute Gasteiger partial charge is 0.474 e. The average molecular weight is 344 g/mol. The molecule has 2 aromatic rings. The van der Waals surface area contributed by atoms with Crippen molar-refractivity contribution >= 4 is 16.8 Å². The van der Waals surface area contributed by atoms with Gasteiger partial charge >= 0.3 is 0 Å². The van der Waals surface area contributed by atoms with Crippen LogP contribution in [0.4, 0.5) is 0 Å². The molecule has 1 aliphatic heterocycles. The highest BCUT2D eigenvalue weighted by Gasteiger charge is 2.22. The molecule has 25 heavy (non-hydrogen) atoms. The van der Waals surface area contributed by atoms with Crippen molar-refractivity contribution in [2.75, 3.05) is 13.1 Å². The quantitative estimate of drug-likeness (QED) is 0.782. The summed E-state index contributed by atoms with van der Waals surface area (Å²) in [6, 6.07) is 3.76. The molecule has 0 bridgehead atoms. The molecule has 2 aromatic heterocycles. The van der Waals surface area contributed by atoms with Gasteiger partial charge in [-0.2, -0.15) is 10.1 Å². The molecule has 0 aromatic carbocycles. The minimum absolute atomic E-state index is 0.106. The number of nitrogens with one attached hydrogen (secondary N) is 1. The standard InChI is InChI=1S/C19H28N4O2/c1-4-14(5-2)25-17-9-8-15-18(22-23(3)19(15)21-17)16(24)11-13-7-6-10-20-12-13/h8-9,13-14,20H,4-7,10-12H2,1-3H3. The van der Waals surface area contributed by atoms with Crippen molar-refractivity contribution in [2.24, 2.45) is 13.0 Å². The van der Waals surface area contributed by atoms with Crippen molar-refractivity contribution < 1.29 is 9.53 Å². The Morgan fingerprint density at radius 3 is 2.88 bits per heavy atom. The number of piperidine rings is 1. The molecule has 1 N–H and O–H groups in total. The van der Waals surface area contributed by atoms with Crippen LogP contribution >= 0.6 is 0 Å². The van der Waals surface area contributed by atoms with Crippen molar-refractivity contribution in [1.29, 1.82) is 0 Å². The van der Waals surface area contributed by atoms with Crippen molar-refractivity contribution in [2.45, 2.75) is 52.1 Å². The zero-order valence-electron chi connectivity index (χ0n) is 15.4. The maximum Gasteiger partial charge on any atom is 0.215 e. The second-order valence-corrected chi connectivity index (χ2v) is 6.89. The minimum atomic E-state index is 0.106. The molecule has 0 radical (unpaired) electrons. The van der Waals surface area contributed by atoms with E-state index in [0.29, 0.717) is 29.6 Å². The van der Waals surface area contributed by atoms with Crippen LogP contribution in [0.1, 0.15) is 56.4 Å². The number of fused-ring (bicyclic) bond motifs is 1. The fourth-order valence-corrected chi connectivity index (χ4v) is 3.47. The predicted octanol–water partition coefficient (Wildman–Crippen LogP) is 3.11. The third kappa shape index (κ3) is 4.00. The number of Topliss-reactive ketones (excluding diaryl/α,β-unsaturated/α-hetero) is 1. The third-order valence-electron chi connectivity index (χ3n) is 5.00. The summed E-state index contributed by atoms with van der Waals surface area (Å²) in [5, 5.41) is 8.62. The monoisotopic (exact) mass is 344 g/mol. The average Bonchev–Trinajstić information content (AvgIpc) is 2.97. The van der Waals surface area contributed by atoms with Crippen molar-refractivity contribution in [1.82, 2.24) is 20.1 Å². The normalized spacial score (nSPS) is 18.0. The summed E-state index contributed by atoms with van der Waals surface area (Å²) < 4.78 is 7.60. The van der Waals surface area contributed by atoms with Crippen molar-refractivity contribution in [3.63, 3.8) is 0 Å². The maximum atomic E-state index is 12.7. The lowest BCUT2D eigenvalue weighted by molar-refractivity contribution is 0.0949. The molecule has 0 aliphatic carbocycles. The number of ketones is 1. The first kappa shape index (κ1) is 17.9. The molecule has 1 atom stereocenters. The Morgan fingerprint density at radius 2 is 2.20 bits per heavy atom. The Hall–Kier alpha value is -1.95. The summed E-state index contributed by atoms with van der Waals surface area (Å²) >= 11 is 0. The summed E-state index contributed by atoms with van der Waals surface area (Å²) in [5.41, 5.74) is 1.23. The van der Waals surface area contributed by atoms with E-state index in [0.717, 1.165) is 44.2 Å². The zero-order valence-corrected chi connectivity index (χ0v) is 15.4. The number of aryl methyl sites for hydroxylation is 1. The molecule has 1 fully saturated rings.